The number of benzene rings is 2. The van der Waals surface area contributed by atoms with E-state index in [0.29, 0.717) is 50.6 Å². The monoisotopic (exact) mass is 1050 g/mol. The van der Waals surface area contributed by atoms with Crippen molar-refractivity contribution in [3.8, 4) is 23.1 Å². The molecule has 75 heavy (non-hydrogen) atoms. The molecule has 5 heterocycles. The van der Waals surface area contributed by atoms with Crippen molar-refractivity contribution in [3.05, 3.63) is 101 Å². The second kappa shape index (κ2) is 23.3. The summed E-state index contributed by atoms with van der Waals surface area (Å²) in [6, 6.07) is 14.8. The standard InChI is InChI=1S/C52H63F5N10O8/c1-50(2,3)43(60-48(71)72)46(70)63-65(25-34-13-16-35(17-14-34)39-21-22-66(62-39)47(53)54)28-41(68)40(59-45(69)44(61-49(73)74-6)51(4,5)52(55,56)57)23-32-10-7-31(8-11-32)9-12-33-15-20-42(58-24-33)64-26-36-18-19-37(27-64)67(36)38-29-75-30-38/h7-8,10-11,13-17,20-22,24,36-38,40-41,43-44,47,60,68H,18-19,23,25-30H2,1-6H3,(H,59,69)(H,61,73)(H,63,70)(H,71,72). The average Bonchev–Trinajstić information content (AvgIpc) is 3.92. The van der Waals surface area contributed by atoms with Crippen LogP contribution in [0, 0.1) is 22.7 Å². The Morgan fingerprint density at radius 3 is 1.99 bits per heavy atom. The summed E-state index contributed by atoms with van der Waals surface area (Å²) >= 11 is 0. The number of carbonyl (C=O) groups is 4. The number of hydrogen-bond donors (Lipinski definition) is 6. The van der Waals surface area contributed by atoms with Gasteiger partial charge in [0.1, 0.15) is 17.9 Å². The number of rotatable bonds is 18. The van der Waals surface area contributed by atoms with E-state index in [1.165, 1.54) is 11.1 Å². The lowest BCUT2D eigenvalue weighted by Crippen LogP contribution is -2.63. The van der Waals surface area contributed by atoms with Crippen molar-refractivity contribution in [2.75, 3.05) is 44.9 Å². The van der Waals surface area contributed by atoms with E-state index >= 15 is 0 Å². The number of methoxy groups -OCH3 is 1. The highest BCUT2D eigenvalue weighted by Gasteiger charge is 2.56. The van der Waals surface area contributed by atoms with Crippen LogP contribution < -0.4 is 26.3 Å². The maximum atomic E-state index is 14.5. The molecule has 2 bridgehead atoms. The topological polar surface area (TPSA) is 216 Å². The summed E-state index contributed by atoms with van der Waals surface area (Å²) in [7, 11) is 0.921. The number of nitrogens with one attached hydrogen (secondary N) is 4. The second-order valence-corrected chi connectivity index (χ2v) is 20.7. The Balaban J connectivity index is 1.12. The van der Waals surface area contributed by atoms with Crippen LogP contribution in [0.25, 0.3) is 11.3 Å². The zero-order valence-corrected chi connectivity index (χ0v) is 42.4. The van der Waals surface area contributed by atoms with Crippen molar-refractivity contribution >= 4 is 29.8 Å². The third-order valence-corrected chi connectivity index (χ3v) is 13.9. The predicted octanol–water partition coefficient (Wildman–Crippen LogP) is 5.71. The van der Waals surface area contributed by atoms with E-state index in [4.69, 9.17) is 9.72 Å². The first-order valence-electron chi connectivity index (χ1n) is 24.4. The van der Waals surface area contributed by atoms with E-state index in [1.807, 2.05) is 17.4 Å². The van der Waals surface area contributed by atoms with Gasteiger partial charge in [0, 0.05) is 67.3 Å². The normalized spacial score (nSPS) is 18.8. The number of amides is 4. The number of aliphatic hydroxyl groups is 1. The van der Waals surface area contributed by atoms with E-state index < -0.39 is 78.3 Å². The lowest BCUT2D eigenvalue weighted by Gasteiger charge is -2.47. The number of alkyl halides is 5. The van der Waals surface area contributed by atoms with Crippen molar-refractivity contribution in [2.45, 2.75) is 116 Å². The molecule has 4 aromatic rings. The maximum absolute atomic E-state index is 14.5. The van der Waals surface area contributed by atoms with Gasteiger partial charge in [-0.2, -0.15) is 27.1 Å². The second-order valence-electron chi connectivity index (χ2n) is 20.7. The zero-order chi connectivity index (χ0) is 54.4. The van der Waals surface area contributed by atoms with Crippen LogP contribution in [-0.4, -0.2) is 147 Å². The van der Waals surface area contributed by atoms with Gasteiger partial charge in [0.15, 0.2) is 0 Å². The Kier molecular flexibility index (Phi) is 17.4. The Morgan fingerprint density at radius 2 is 1.45 bits per heavy atom. The molecular formula is C52H63F5N10O8. The number of aliphatic hydroxyl groups excluding tert-OH is 1. The fourth-order valence-corrected chi connectivity index (χ4v) is 9.47. The Labute approximate surface area is 431 Å². The number of alkyl carbamates (subject to hydrolysis) is 1. The van der Waals surface area contributed by atoms with Gasteiger partial charge in [-0.3, -0.25) is 19.9 Å². The number of fused-ring (bicyclic) bond motifs is 2. The SMILES string of the molecule is COC(=O)NC(C(=O)NC(Cc1ccc(C#Cc2ccc(N3CC4CCC(C3)N4C3COC3)nc2)cc1)C(O)CN(Cc1ccc(-c2ccn(C(F)F)n2)cc1)NC(=O)C(NC(=O)O)C(C)(C)C)C(C)(C)C(F)(F)F. The van der Waals surface area contributed by atoms with Crippen molar-refractivity contribution in [1.82, 2.24) is 46.0 Å². The van der Waals surface area contributed by atoms with Crippen LogP contribution >= 0.6 is 0 Å². The molecule has 6 N–H and O–H groups in total. The van der Waals surface area contributed by atoms with Crippen LogP contribution in [0.15, 0.2) is 79.1 Å². The number of hydrogen-bond acceptors (Lipinski definition) is 12. The van der Waals surface area contributed by atoms with Gasteiger partial charge in [-0.05, 0) is 80.0 Å². The number of hydrazine groups is 1. The molecular weight excluding hydrogens is 988 g/mol. The number of ether oxygens (including phenoxy) is 2. The summed E-state index contributed by atoms with van der Waals surface area (Å²) in [5, 5.41) is 33.6. The lowest BCUT2D eigenvalue weighted by atomic mass is 9.82. The number of carboxylic acid groups (broad SMARTS) is 1. The molecule has 0 saturated carbocycles. The number of carbonyl (C=O) groups excluding carboxylic acids is 3. The molecule has 3 aliphatic rings. The van der Waals surface area contributed by atoms with E-state index in [-0.39, 0.29) is 18.7 Å². The molecule has 7 rings (SSSR count). The number of nitrogens with zero attached hydrogens (tertiary/aromatic N) is 6. The summed E-state index contributed by atoms with van der Waals surface area (Å²) in [4.78, 5) is 61.9. The average molecular weight is 1050 g/mol. The summed E-state index contributed by atoms with van der Waals surface area (Å²) < 4.78 is 80.6. The van der Waals surface area contributed by atoms with Crippen LogP contribution in [-0.2, 0) is 32.0 Å². The quantitative estimate of drug-likeness (QED) is 0.0401. The van der Waals surface area contributed by atoms with E-state index in [2.05, 4.69) is 47.5 Å². The van der Waals surface area contributed by atoms with Gasteiger partial charge in [0.2, 0.25) is 5.91 Å². The third kappa shape index (κ3) is 13.9. The zero-order valence-electron chi connectivity index (χ0n) is 42.4. The Bertz CT molecular complexity index is 2670. The van der Waals surface area contributed by atoms with Gasteiger partial charge < -0.3 is 40.5 Å². The fraction of sp³-hybridized carbons (Fsp3) is 0.500. The van der Waals surface area contributed by atoms with Gasteiger partial charge in [-0.1, -0.05) is 69.0 Å². The van der Waals surface area contributed by atoms with Gasteiger partial charge in [-0.25, -0.2) is 24.3 Å². The van der Waals surface area contributed by atoms with Gasteiger partial charge in [-0.15, -0.1) is 0 Å². The summed E-state index contributed by atoms with van der Waals surface area (Å²) in [6.45, 7) is 6.14. The van der Waals surface area contributed by atoms with Crippen LogP contribution in [0.3, 0.4) is 0 Å². The van der Waals surface area contributed by atoms with Gasteiger partial charge in [0.25, 0.3) is 5.91 Å². The van der Waals surface area contributed by atoms with Gasteiger partial charge >= 0.3 is 24.9 Å². The molecule has 3 aliphatic heterocycles. The van der Waals surface area contributed by atoms with Crippen molar-refractivity contribution < 1.29 is 60.8 Å². The third-order valence-electron chi connectivity index (χ3n) is 13.9. The predicted molar refractivity (Wildman–Crippen MR) is 265 cm³/mol. The molecule has 3 fully saturated rings. The first-order valence-corrected chi connectivity index (χ1v) is 24.4. The molecule has 0 spiro atoms. The molecule has 18 nitrogen and oxygen atoms in total. The molecule has 6 unspecified atom stereocenters. The first kappa shape index (κ1) is 55.9. The lowest BCUT2D eigenvalue weighted by molar-refractivity contribution is -0.220. The summed E-state index contributed by atoms with van der Waals surface area (Å²) in [5.74, 6) is 4.98. The van der Waals surface area contributed by atoms with Crippen LogP contribution in [0.2, 0.25) is 0 Å². The highest BCUT2D eigenvalue weighted by atomic mass is 19.4. The van der Waals surface area contributed by atoms with E-state index in [0.717, 1.165) is 72.1 Å². The van der Waals surface area contributed by atoms with Crippen LogP contribution in [0.4, 0.5) is 37.4 Å². The number of piperazine rings is 1. The molecule has 404 valence electrons. The number of anilines is 1. The minimum atomic E-state index is -5.02. The summed E-state index contributed by atoms with van der Waals surface area (Å²) in [6.07, 6.45) is -4.56. The molecule has 23 heteroatoms. The van der Waals surface area contributed by atoms with Crippen molar-refractivity contribution in [2.24, 2.45) is 10.8 Å². The fourth-order valence-electron chi connectivity index (χ4n) is 9.47. The van der Waals surface area contributed by atoms with Crippen LogP contribution in [0.5, 0.6) is 0 Å². The Hall–Kier alpha value is -6.87. The minimum absolute atomic E-state index is 0.174. The van der Waals surface area contributed by atoms with Crippen molar-refractivity contribution in [1.29, 1.82) is 0 Å². The summed E-state index contributed by atoms with van der Waals surface area (Å²) in [5.41, 5.74) is 1.82. The Morgan fingerprint density at radius 1 is 0.827 bits per heavy atom. The molecule has 0 aliphatic carbocycles. The molecule has 3 saturated heterocycles. The molecule has 2 aromatic heterocycles. The highest BCUT2D eigenvalue weighted by Crippen LogP contribution is 2.41. The van der Waals surface area contributed by atoms with Crippen molar-refractivity contribution in [3.63, 3.8) is 0 Å². The molecule has 4 amide bonds. The number of halogens is 5. The minimum Gasteiger partial charge on any atom is -0.465 e. The molecule has 0 radical (unpaired) electrons. The van der Waals surface area contributed by atoms with Crippen LogP contribution in [0.1, 0.15) is 76.3 Å². The van der Waals surface area contributed by atoms with E-state index in [1.54, 1.807) is 75.5 Å². The molecule has 6 atom stereocenters. The number of pyridine rings is 1. The van der Waals surface area contributed by atoms with Gasteiger partial charge in [0.05, 0.1) is 49.6 Å². The molecule has 2 aromatic carbocycles. The number of aromatic nitrogens is 3. The smallest absolute Gasteiger partial charge is 0.407 e. The first-order chi connectivity index (χ1) is 35.4. The van der Waals surface area contributed by atoms with E-state index in [9.17, 15) is 51.3 Å². The largest absolute Gasteiger partial charge is 0.465 e. The maximum Gasteiger partial charge on any atom is 0.407 e. The highest BCUT2D eigenvalue weighted by molar-refractivity contribution is 5.87.